The second-order valence-corrected chi connectivity index (χ2v) is 4.55. The van der Waals surface area contributed by atoms with Crippen molar-refractivity contribution in [2.45, 2.75) is 25.3 Å². The standard InChI is InChI=1S/C13H16N2O4/c1-19-13(16)10-5-2-6-12(15(17)18)11(10)8-9-4-3-7-14-9/h2,5-6,9,14H,3-4,7-8H2,1H3. The van der Waals surface area contributed by atoms with Gasteiger partial charge in [-0.2, -0.15) is 0 Å². The Morgan fingerprint density at radius 1 is 1.58 bits per heavy atom. The van der Waals surface area contributed by atoms with Gasteiger partial charge in [0.15, 0.2) is 0 Å². The topological polar surface area (TPSA) is 81.5 Å². The van der Waals surface area contributed by atoms with Crippen molar-refractivity contribution in [3.8, 4) is 0 Å². The number of benzene rings is 1. The van der Waals surface area contributed by atoms with Crippen LogP contribution in [-0.2, 0) is 11.2 Å². The number of nitrogens with one attached hydrogen (secondary N) is 1. The van der Waals surface area contributed by atoms with Gasteiger partial charge in [0, 0.05) is 17.7 Å². The Labute approximate surface area is 110 Å². The molecule has 1 aliphatic rings. The van der Waals surface area contributed by atoms with E-state index < -0.39 is 10.9 Å². The monoisotopic (exact) mass is 264 g/mol. The lowest BCUT2D eigenvalue weighted by Gasteiger charge is -2.13. The van der Waals surface area contributed by atoms with Gasteiger partial charge >= 0.3 is 5.97 Å². The average molecular weight is 264 g/mol. The van der Waals surface area contributed by atoms with Gasteiger partial charge in [-0.25, -0.2) is 4.79 Å². The van der Waals surface area contributed by atoms with Gasteiger partial charge in [-0.3, -0.25) is 10.1 Å². The molecule has 19 heavy (non-hydrogen) atoms. The van der Waals surface area contributed by atoms with E-state index >= 15 is 0 Å². The molecule has 1 atom stereocenters. The van der Waals surface area contributed by atoms with Gasteiger partial charge in [0.2, 0.25) is 0 Å². The first-order valence-corrected chi connectivity index (χ1v) is 6.21. The van der Waals surface area contributed by atoms with Crippen LogP contribution < -0.4 is 5.32 Å². The van der Waals surface area contributed by atoms with Gasteiger partial charge < -0.3 is 10.1 Å². The largest absolute Gasteiger partial charge is 0.465 e. The normalized spacial score (nSPS) is 18.3. The molecule has 1 N–H and O–H groups in total. The summed E-state index contributed by atoms with van der Waals surface area (Å²) in [5.41, 5.74) is 0.723. The van der Waals surface area contributed by atoms with E-state index in [4.69, 9.17) is 4.74 Å². The molecule has 6 nitrogen and oxygen atoms in total. The molecule has 1 saturated heterocycles. The molecule has 1 fully saturated rings. The van der Waals surface area contributed by atoms with Crippen molar-refractivity contribution >= 4 is 11.7 Å². The van der Waals surface area contributed by atoms with Crippen LogP contribution >= 0.6 is 0 Å². The molecule has 1 aromatic rings. The quantitative estimate of drug-likeness (QED) is 0.508. The van der Waals surface area contributed by atoms with E-state index in [0.29, 0.717) is 12.0 Å². The van der Waals surface area contributed by atoms with E-state index in [1.807, 2.05) is 0 Å². The third-order valence-electron chi connectivity index (χ3n) is 3.37. The minimum Gasteiger partial charge on any atom is -0.465 e. The lowest BCUT2D eigenvalue weighted by Crippen LogP contribution is -2.25. The Hall–Kier alpha value is -1.95. The molecule has 0 saturated carbocycles. The molecule has 1 heterocycles. The lowest BCUT2D eigenvalue weighted by molar-refractivity contribution is -0.385. The van der Waals surface area contributed by atoms with E-state index in [0.717, 1.165) is 19.4 Å². The maximum atomic E-state index is 11.7. The summed E-state index contributed by atoms with van der Waals surface area (Å²) in [6, 6.07) is 4.69. The minimum absolute atomic E-state index is 0.0170. The van der Waals surface area contributed by atoms with Crippen LogP contribution in [0, 0.1) is 10.1 Å². The number of rotatable bonds is 4. The molecule has 2 rings (SSSR count). The smallest absolute Gasteiger partial charge is 0.338 e. The molecule has 0 bridgehead atoms. The number of hydrogen-bond acceptors (Lipinski definition) is 5. The molecular formula is C13H16N2O4. The summed E-state index contributed by atoms with van der Waals surface area (Å²) in [5, 5.41) is 14.4. The number of hydrogen-bond donors (Lipinski definition) is 1. The summed E-state index contributed by atoms with van der Waals surface area (Å²) in [4.78, 5) is 22.4. The molecule has 1 unspecified atom stereocenters. The van der Waals surface area contributed by atoms with Crippen molar-refractivity contribution in [1.82, 2.24) is 5.32 Å². The fraction of sp³-hybridized carbons (Fsp3) is 0.462. The molecular weight excluding hydrogens is 248 g/mol. The van der Waals surface area contributed by atoms with Crippen molar-refractivity contribution in [3.05, 3.63) is 39.4 Å². The molecule has 6 heteroatoms. The molecule has 0 amide bonds. The van der Waals surface area contributed by atoms with Crippen LogP contribution in [-0.4, -0.2) is 30.6 Å². The van der Waals surface area contributed by atoms with E-state index in [1.54, 1.807) is 6.07 Å². The number of carbonyl (C=O) groups is 1. The highest BCUT2D eigenvalue weighted by Crippen LogP contribution is 2.26. The summed E-state index contributed by atoms with van der Waals surface area (Å²) in [5.74, 6) is -0.531. The summed E-state index contributed by atoms with van der Waals surface area (Å²) in [6.45, 7) is 0.916. The maximum absolute atomic E-state index is 11.7. The molecule has 0 radical (unpaired) electrons. The number of nitro groups is 1. The number of esters is 1. The lowest BCUT2D eigenvalue weighted by atomic mass is 9.97. The summed E-state index contributed by atoms with van der Waals surface area (Å²) in [7, 11) is 1.28. The highest BCUT2D eigenvalue weighted by atomic mass is 16.6. The first-order chi connectivity index (χ1) is 9.13. The van der Waals surface area contributed by atoms with Crippen molar-refractivity contribution in [2.75, 3.05) is 13.7 Å². The summed E-state index contributed by atoms with van der Waals surface area (Å²) >= 11 is 0. The van der Waals surface area contributed by atoms with Crippen LogP contribution in [0.15, 0.2) is 18.2 Å². The van der Waals surface area contributed by atoms with Crippen LogP contribution in [0.4, 0.5) is 5.69 Å². The first kappa shape index (κ1) is 13.5. The van der Waals surface area contributed by atoms with Gasteiger partial charge in [0.1, 0.15) is 0 Å². The van der Waals surface area contributed by atoms with Gasteiger partial charge in [0.25, 0.3) is 5.69 Å². The molecule has 1 aliphatic heterocycles. The molecule has 1 aromatic carbocycles. The highest BCUT2D eigenvalue weighted by molar-refractivity contribution is 5.92. The minimum atomic E-state index is -0.531. The van der Waals surface area contributed by atoms with Crippen molar-refractivity contribution in [3.63, 3.8) is 0 Å². The summed E-state index contributed by atoms with van der Waals surface area (Å²) in [6.07, 6.45) is 2.49. The second kappa shape index (κ2) is 5.79. The zero-order chi connectivity index (χ0) is 13.8. The van der Waals surface area contributed by atoms with Gasteiger partial charge in [-0.15, -0.1) is 0 Å². The predicted octanol–water partition coefficient (Wildman–Crippen LogP) is 1.68. The highest BCUT2D eigenvalue weighted by Gasteiger charge is 2.25. The van der Waals surface area contributed by atoms with Crippen molar-refractivity contribution < 1.29 is 14.5 Å². The van der Waals surface area contributed by atoms with E-state index in [-0.39, 0.29) is 17.3 Å². The van der Waals surface area contributed by atoms with Gasteiger partial charge in [0.05, 0.1) is 17.6 Å². The van der Waals surface area contributed by atoms with Crippen LogP contribution in [0.2, 0.25) is 0 Å². The van der Waals surface area contributed by atoms with E-state index in [9.17, 15) is 14.9 Å². The molecule has 102 valence electrons. The number of nitro benzene ring substituents is 1. The SMILES string of the molecule is COC(=O)c1cccc([N+](=O)[O-])c1CC1CCCN1. The van der Waals surface area contributed by atoms with Crippen molar-refractivity contribution in [1.29, 1.82) is 0 Å². The number of carbonyl (C=O) groups excluding carboxylic acids is 1. The summed E-state index contributed by atoms with van der Waals surface area (Å²) < 4.78 is 4.69. The maximum Gasteiger partial charge on any atom is 0.338 e. The van der Waals surface area contributed by atoms with Gasteiger partial charge in [-0.05, 0) is 31.9 Å². The van der Waals surface area contributed by atoms with E-state index in [1.165, 1.54) is 19.2 Å². The fourth-order valence-electron chi connectivity index (χ4n) is 2.44. The fourth-order valence-corrected chi connectivity index (χ4v) is 2.44. The predicted molar refractivity (Wildman–Crippen MR) is 69.2 cm³/mol. The number of methoxy groups -OCH3 is 1. The second-order valence-electron chi connectivity index (χ2n) is 4.55. The Morgan fingerprint density at radius 2 is 2.37 bits per heavy atom. The third-order valence-corrected chi connectivity index (χ3v) is 3.37. The Kier molecular flexibility index (Phi) is 4.11. The zero-order valence-electron chi connectivity index (χ0n) is 10.7. The zero-order valence-corrected chi connectivity index (χ0v) is 10.7. The van der Waals surface area contributed by atoms with Crippen LogP contribution in [0.5, 0.6) is 0 Å². The molecule has 0 aliphatic carbocycles. The van der Waals surface area contributed by atoms with Crippen LogP contribution in [0.25, 0.3) is 0 Å². The average Bonchev–Trinajstić information content (AvgIpc) is 2.90. The van der Waals surface area contributed by atoms with E-state index in [2.05, 4.69) is 5.32 Å². The Balaban J connectivity index is 2.39. The van der Waals surface area contributed by atoms with Crippen LogP contribution in [0.3, 0.4) is 0 Å². The molecule has 0 aromatic heterocycles. The Bertz CT molecular complexity index is 495. The van der Waals surface area contributed by atoms with Gasteiger partial charge in [-0.1, -0.05) is 6.07 Å². The number of nitrogens with zero attached hydrogens (tertiary/aromatic N) is 1. The molecule has 0 spiro atoms. The van der Waals surface area contributed by atoms with Crippen molar-refractivity contribution in [2.24, 2.45) is 0 Å². The first-order valence-electron chi connectivity index (χ1n) is 6.21. The third kappa shape index (κ3) is 2.90. The Morgan fingerprint density at radius 3 is 2.95 bits per heavy atom. The van der Waals surface area contributed by atoms with Crippen LogP contribution in [0.1, 0.15) is 28.8 Å². The number of ether oxygens (including phenoxy) is 1.